The Morgan fingerprint density at radius 1 is 1.00 bits per heavy atom. The summed E-state index contributed by atoms with van der Waals surface area (Å²) in [6.45, 7) is 2.99. The van der Waals surface area contributed by atoms with Gasteiger partial charge in [0, 0.05) is 37.3 Å². The van der Waals surface area contributed by atoms with E-state index in [1.165, 1.54) is 35.4 Å². The number of hydrogen-bond donors (Lipinski definition) is 0. The van der Waals surface area contributed by atoms with E-state index >= 15 is 0 Å². The number of allylic oxidation sites excluding steroid dienone is 2. The molecule has 0 saturated carbocycles. The van der Waals surface area contributed by atoms with E-state index in [2.05, 4.69) is 11.0 Å². The fourth-order valence-electron chi connectivity index (χ4n) is 3.82. The van der Waals surface area contributed by atoms with Crippen LogP contribution in [0.3, 0.4) is 0 Å². The smallest absolute Gasteiger partial charge is 0.254 e. The zero-order valence-electron chi connectivity index (χ0n) is 14.1. The first kappa shape index (κ1) is 16.2. The minimum atomic E-state index is -0.338. The van der Waals surface area contributed by atoms with Gasteiger partial charge in [0.05, 0.1) is 6.54 Å². The van der Waals surface area contributed by atoms with Crippen molar-refractivity contribution in [2.24, 2.45) is 0 Å². The minimum absolute atomic E-state index is 0.0118. The molecule has 0 aromatic heterocycles. The summed E-state index contributed by atoms with van der Waals surface area (Å²) >= 11 is 0. The number of rotatable bonds is 4. The van der Waals surface area contributed by atoms with Crippen LogP contribution in [0.25, 0.3) is 0 Å². The van der Waals surface area contributed by atoms with E-state index in [9.17, 15) is 14.0 Å². The molecule has 130 valence electrons. The molecule has 1 saturated heterocycles. The Labute approximate surface area is 146 Å². The van der Waals surface area contributed by atoms with Crippen molar-refractivity contribution in [1.82, 2.24) is 9.80 Å². The Hall–Kier alpha value is -2.27. The second-order valence-corrected chi connectivity index (χ2v) is 6.91. The lowest BCUT2D eigenvalue weighted by atomic mass is 9.90. The van der Waals surface area contributed by atoms with Crippen LogP contribution in [-0.4, -0.2) is 54.2 Å². The van der Waals surface area contributed by atoms with Gasteiger partial charge >= 0.3 is 0 Å². The average Bonchev–Trinajstić information content (AvgIpc) is 2.96. The molecule has 2 aliphatic carbocycles. The molecule has 5 heteroatoms. The van der Waals surface area contributed by atoms with Gasteiger partial charge < -0.3 is 4.90 Å². The van der Waals surface area contributed by atoms with E-state index in [0.29, 0.717) is 38.3 Å². The van der Waals surface area contributed by atoms with Gasteiger partial charge in [-0.2, -0.15) is 0 Å². The van der Waals surface area contributed by atoms with Crippen LogP contribution in [0.4, 0.5) is 4.39 Å². The lowest BCUT2D eigenvalue weighted by molar-refractivity contribution is -0.128. The van der Waals surface area contributed by atoms with Crippen LogP contribution in [0.1, 0.15) is 29.6 Å². The lowest BCUT2D eigenvalue weighted by Crippen LogP contribution is -2.50. The highest BCUT2D eigenvalue weighted by Crippen LogP contribution is 2.41. The van der Waals surface area contributed by atoms with Gasteiger partial charge in [-0.25, -0.2) is 4.39 Å². The van der Waals surface area contributed by atoms with Crippen LogP contribution in [0.5, 0.6) is 0 Å². The van der Waals surface area contributed by atoms with E-state index < -0.39 is 0 Å². The van der Waals surface area contributed by atoms with E-state index in [0.717, 1.165) is 24.8 Å². The maximum atomic E-state index is 12.9. The first-order valence-electron chi connectivity index (χ1n) is 8.86. The molecule has 1 aliphatic heterocycles. The Morgan fingerprint density at radius 2 is 1.72 bits per heavy atom. The molecule has 1 fully saturated rings. The Morgan fingerprint density at radius 3 is 2.40 bits per heavy atom. The third-order valence-corrected chi connectivity index (χ3v) is 5.33. The summed E-state index contributed by atoms with van der Waals surface area (Å²) in [5, 5.41) is 0. The highest BCUT2D eigenvalue weighted by molar-refractivity contribution is 6.01. The molecule has 0 radical (unpaired) electrons. The van der Waals surface area contributed by atoms with Gasteiger partial charge in [-0.3, -0.25) is 14.5 Å². The molecule has 1 amide bonds. The molecule has 1 heterocycles. The van der Waals surface area contributed by atoms with Crippen LogP contribution in [0, 0.1) is 5.82 Å². The van der Waals surface area contributed by atoms with E-state index in [1.54, 1.807) is 0 Å². The molecule has 0 spiro atoms. The van der Waals surface area contributed by atoms with Crippen LogP contribution in [0.15, 0.2) is 47.1 Å². The van der Waals surface area contributed by atoms with Crippen molar-refractivity contribution in [3.8, 4) is 0 Å². The molecule has 4 nitrogen and oxygen atoms in total. The largest absolute Gasteiger partial charge is 0.336 e. The van der Waals surface area contributed by atoms with Crippen LogP contribution in [0.2, 0.25) is 0 Å². The number of nitrogens with zero attached hydrogens (tertiary/aromatic N) is 2. The molecule has 1 aromatic rings. The number of carbonyl (C=O) groups is 2. The van der Waals surface area contributed by atoms with Crippen LogP contribution >= 0.6 is 0 Å². The van der Waals surface area contributed by atoms with E-state index in [1.807, 2.05) is 4.90 Å². The molecule has 0 unspecified atom stereocenters. The third kappa shape index (κ3) is 3.16. The fourth-order valence-corrected chi connectivity index (χ4v) is 3.82. The number of benzene rings is 1. The summed E-state index contributed by atoms with van der Waals surface area (Å²) in [4.78, 5) is 28.8. The minimum Gasteiger partial charge on any atom is -0.336 e. The standard InChI is InChI=1S/C20H21FN2O2/c21-16-6-4-14(5-7-16)19(24)13-22-8-10-23(11-9-22)20(25)18-12-15-2-1-3-17(15)18/h4-7,12H,1-3,8-11,13H2. The Bertz CT molecular complexity index is 771. The predicted molar refractivity (Wildman–Crippen MR) is 92.7 cm³/mol. The van der Waals surface area contributed by atoms with Crippen molar-refractivity contribution >= 4 is 11.7 Å². The van der Waals surface area contributed by atoms with Gasteiger partial charge in [0.15, 0.2) is 5.78 Å². The number of piperazine rings is 1. The summed E-state index contributed by atoms with van der Waals surface area (Å²) in [6.07, 6.45) is 5.37. The van der Waals surface area contributed by atoms with Crippen LogP contribution in [-0.2, 0) is 4.79 Å². The second kappa shape index (κ2) is 6.56. The molecular formula is C20H21FN2O2. The second-order valence-electron chi connectivity index (χ2n) is 6.91. The average molecular weight is 340 g/mol. The van der Waals surface area contributed by atoms with Gasteiger partial charge in [-0.15, -0.1) is 0 Å². The first-order valence-corrected chi connectivity index (χ1v) is 8.86. The fraction of sp³-hybridized carbons (Fsp3) is 0.400. The Balaban J connectivity index is 1.28. The van der Waals surface area contributed by atoms with Crippen molar-refractivity contribution in [1.29, 1.82) is 0 Å². The van der Waals surface area contributed by atoms with Gasteiger partial charge in [0.25, 0.3) is 5.91 Å². The van der Waals surface area contributed by atoms with Crippen molar-refractivity contribution in [3.63, 3.8) is 0 Å². The molecule has 0 N–H and O–H groups in total. The number of hydrogen-bond acceptors (Lipinski definition) is 3. The molecule has 3 aliphatic rings. The maximum Gasteiger partial charge on any atom is 0.254 e. The summed E-state index contributed by atoms with van der Waals surface area (Å²) < 4.78 is 12.9. The summed E-state index contributed by atoms with van der Waals surface area (Å²) in [5.74, 6) is -0.207. The van der Waals surface area contributed by atoms with Crippen molar-refractivity contribution in [3.05, 3.63) is 58.4 Å². The lowest BCUT2D eigenvalue weighted by Gasteiger charge is -2.36. The molecule has 1 aromatic carbocycles. The molecule has 4 rings (SSSR count). The summed E-state index contributed by atoms with van der Waals surface area (Å²) in [6, 6.07) is 5.66. The van der Waals surface area contributed by atoms with Crippen molar-refractivity contribution in [2.75, 3.05) is 32.7 Å². The number of amides is 1. The SMILES string of the molecule is O=C(CN1CCN(C(=O)C2=CC3=C2CCC3)CC1)c1ccc(F)cc1. The van der Waals surface area contributed by atoms with Crippen LogP contribution < -0.4 is 0 Å². The number of ketones is 1. The van der Waals surface area contributed by atoms with Gasteiger partial charge in [0.2, 0.25) is 0 Å². The molecule has 0 atom stereocenters. The molecule has 25 heavy (non-hydrogen) atoms. The first-order chi connectivity index (χ1) is 12.1. The van der Waals surface area contributed by atoms with Gasteiger partial charge in [0.1, 0.15) is 5.82 Å². The summed E-state index contributed by atoms with van der Waals surface area (Å²) in [5.41, 5.74) is 4.08. The van der Waals surface area contributed by atoms with E-state index in [4.69, 9.17) is 0 Å². The third-order valence-electron chi connectivity index (χ3n) is 5.33. The number of carbonyl (C=O) groups excluding carboxylic acids is 2. The molecular weight excluding hydrogens is 319 g/mol. The predicted octanol–water partition coefficient (Wildman–Crippen LogP) is 2.57. The van der Waals surface area contributed by atoms with Gasteiger partial charge in [-0.05, 0) is 60.8 Å². The quantitative estimate of drug-likeness (QED) is 0.791. The summed E-state index contributed by atoms with van der Waals surface area (Å²) in [7, 11) is 0. The zero-order chi connectivity index (χ0) is 17.4. The van der Waals surface area contributed by atoms with Gasteiger partial charge in [-0.1, -0.05) is 0 Å². The highest BCUT2D eigenvalue weighted by Gasteiger charge is 2.32. The zero-order valence-corrected chi connectivity index (χ0v) is 14.1. The maximum absolute atomic E-state index is 12.9. The van der Waals surface area contributed by atoms with Crippen molar-refractivity contribution < 1.29 is 14.0 Å². The Kier molecular flexibility index (Phi) is 4.25. The highest BCUT2D eigenvalue weighted by atomic mass is 19.1. The normalized spacial score (nSPS) is 20.2. The number of halogens is 1. The molecule has 0 bridgehead atoms. The monoisotopic (exact) mass is 340 g/mol. The van der Waals surface area contributed by atoms with E-state index in [-0.39, 0.29) is 17.5 Å². The topological polar surface area (TPSA) is 40.6 Å². The van der Waals surface area contributed by atoms with Crippen molar-refractivity contribution in [2.45, 2.75) is 19.3 Å². The number of Topliss-reactive ketones (excluding diaryl/α,β-unsaturated/α-hetero) is 1.